The predicted octanol–water partition coefficient (Wildman–Crippen LogP) is 3.46. The average Bonchev–Trinajstić information content (AvgIpc) is 3.09. The van der Waals surface area contributed by atoms with Gasteiger partial charge in [0.15, 0.2) is 0 Å². The summed E-state index contributed by atoms with van der Waals surface area (Å²) in [6.07, 6.45) is 2.80. The largest absolute Gasteiger partial charge is 0.396 e. The Morgan fingerprint density at radius 3 is 2.78 bits per heavy atom. The van der Waals surface area contributed by atoms with Gasteiger partial charge in [-0.05, 0) is 18.9 Å². The number of benzene rings is 1. The average molecular weight is 335 g/mol. The molecule has 1 amide bonds. The zero-order chi connectivity index (χ0) is 16.6. The lowest BCUT2D eigenvalue weighted by atomic mass is 9.83. The number of amides is 1. The van der Waals surface area contributed by atoms with E-state index in [1.165, 1.54) is 0 Å². The lowest BCUT2D eigenvalue weighted by Gasteiger charge is -2.26. The molecule has 0 spiro atoms. The molecule has 1 atom stereocenters. The Morgan fingerprint density at radius 2 is 2.13 bits per heavy atom. The molecular weight excluding hydrogens is 312 g/mol. The molecule has 1 N–H and O–H groups in total. The van der Waals surface area contributed by atoms with Crippen LogP contribution in [0.5, 0.6) is 0 Å². The number of hydrogen-bond acceptors (Lipinski definition) is 2. The van der Waals surface area contributed by atoms with Crippen LogP contribution in [0, 0.1) is 5.41 Å². The van der Waals surface area contributed by atoms with Crippen molar-refractivity contribution in [2.24, 2.45) is 12.5 Å². The van der Waals surface area contributed by atoms with Crippen LogP contribution in [0.1, 0.15) is 36.7 Å². The molecule has 2 heterocycles. The van der Waals surface area contributed by atoms with Gasteiger partial charge in [0, 0.05) is 36.5 Å². The first-order valence-corrected chi connectivity index (χ1v) is 8.54. The fourth-order valence-electron chi connectivity index (χ4n) is 3.79. The molecule has 1 aliphatic rings. The molecule has 1 unspecified atom stereocenters. The Morgan fingerprint density at radius 1 is 1.39 bits per heavy atom. The first-order valence-electron chi connectivity index (χ1n) is 8.16. The van der Waals surface area contributed by atoms with Gasteiger partial charge in [0.05, 0.1) is 11.6 Å². The molecule has 1 fully saturated rings. The van der Waals surface area contributed by atoms with Gasteiger partial charge in [-0.25, -0.2) is 0 Å². The van der Waals surface area contributed by atoms with E-state index in [0.29, 0.717) is 23.8 Å². The second kappa shape index (κ2) is 6.17. The minimum Gasteiger partial charge on any atom is -0.396 e. The third-order valence-electron chi connectivity index (χ3n) is 5.09. The number of nitrogens with zero attached hydrogens (tertiary/aromatic N) is 2. The molecule has 1 aliphatic heterocycles. The summed E-state index contributed by atoms with van der Waals surface area (Å²) < 4.78 is 1.87. The van der Waals surface area contributed by atoms with E-state index < -0.39 is 0 Å². The summed E-state index contributed by atoms with van der Waals surface area (Å²) >= 11 is 6.48. The number of para-hydroxylation sites is 1. The lowest BCUT2D eigenvalue weighted by Crippen LogP contribution is -2.35. The van der Waals surface area contributed by atoms with E-state index in [1.807, 2.05) is 40.8 Å². The third kappa shape index (κ3) is 2.64. The van der Waals surface area contributed by atoms with Crippen molar-refractivity contribution >= 4 is 28.4 Å². The number of fused-ring (bicyclic) bond motifs is 1. The number of carbonyl (C=O) groups is 1. The second-order valence-electron chi connectivity index (χ2n) is 6.62. The number of aliphatic hydroxyl groups excluding tert-OH is 1. The van der Waals surface area contributed by atoms with E-state index >= 15 is 0 Å². The van der Waals surface area contributed by atoms with Crippen molar-refractivity contribution in [2.45, 2.75) is 26.2 Å². The van der Waals surface area contributed by atoms with Gasteiger partial charge in [-0.2, -0.15) is 0 Å². The highest BCUT2D eigenvalue weighted by Crippen LogP contribution is 2.37. The summed E-state index contributed by atoms with van der Waals surface area (Å²) in [6.45, 7) is 3.53. The van der Waals surface area contributed by atoms with Gasteiger partial charge in [0.25, 0.3) is 5.91 Å². The van der Waals surface area contributed by atoms with E-state index in [4.69, 9.17) is 11.6 Å². The summed E-state index contributed by atoms with van der Waals surface area (Å²) in [6, 6.07) is 7.78. The van der Waals surface area contributed by atoms with Gasteiger partial charge >= 0.3 is 0 Å². The standard InChI is InChI=1S/C18H23ClN2O2/c1-3-8-18(12-22)9-10-21(11-18)17(23)16-15(19)13-6-4-5-7-14(13)20(16)2/h4-7,22H,3,8-12H2,1-2H3. The van der Waals surface area contributed by atoms with Crippen molar-refractivity contribution in [3.05, 3.63) is 35.0 Å². The van der Waals surface area contributed by atoms with Crippen molar-refractivity contribution in [3.63, 3.8) is 0 Å². The highest BCUT2D eigenvalue weighted by Gasteiger charge is 2.40. The topological polar surface area (TPSA) is 45.5 Å². The maximum Gasteiger partial charge on any atom is 0.272 e. The zero-order valence-corrected chi connectivity index (χ0v) is 14.4. The Kier molecular flexibility index (Phi) is 4.39. The fourth-order valence-corrected chi connectivity index (χ4v) is 4.15. The normalized spacial score (nSPS) is 21.3. The van der Waals surface area contributed by atoms with Crippen molar-refractivity contribution in [1.29, 1.82) is 0 Å². The fraction of sp³-hybridized carbons (Fsp3) is 0.500. The van der Waals surface area contributed by atoms with Crippen LogP contribution in [-0.4, -0.2) is 40.2 Å². The third-order valence-corrected chi connectivity index (χ3v) is 5.47. The maximum atomic E-state index is 13.0. The number of aliphatic hydroxyl groups is 1. The highest BCUT2D eigenvalue weighted by molar-refractivity contribution is 6.38. The number of likely N-dealkylation sites (tertiary alicyclic amines) is 1. The molecule has 124 valence electrons. The summed E-state index contributed by atoms with van der Waals surface area (Å²) in [4.78, 5) is 14.8. The Bertz CT molecular complexity index is 701. The van der Waals surface area contributed by atoms with Crippen LogP contribution in [0.15, 0.2) is 24.3 Å². The van der Waals surface area contributed by atoms with Crippen LogP contribution >= 0.6 is 11.6 Å². The summed E-state index contributed by atoms with van der Waals surface area (Å²) in [7, 11) is 1.88. The van der Waals surface area contributed by atoms with Crippen LogP contribution < -0.4 is 0 Å². The number of hydrogen-bond donors (Lipinski definition) is 1. The van der Waals surface area contributed by atoms with Crippen molar-refractivity contribution in [2.75, 3.05) is 19.7 Å². The van der Waals surface area contributed by atoms with Gasteiger partial charge < -0.3 is 14.6 Å². The second-order valence-corrected chi connectivity index (χ2v) is 7.00. The summed E-state index contributed by atoms with van der Waals surface area (Å²) in [5.74, 6) is -0.0415. The first-order chi connectivity index (χ1) is 11.0. The SMILES string of the molecule is CCCC1(CO)CCN(C(=O)c2c(Cl)c3ccccc3n2C)C1. The molecule has 0 bridgehead atoms. The number of rotatable bonds is 4. The molecule has 1 saturated heterocycles. The number of aromatic nitrogens is 1. The van der Waals surface area contributed by atoms with E-state index in [2.05, 4.69) is 6.92 Å². The molecule has 1 aromatic heterocycles. The zero-order valence-electron chi connectivity index (χ0n) is 13.7. The van der Waals surface area contributed by atoms with E-state index in [1.54, 1.807) is 0 Å². The van der Waals surface area contributed by atoms with Gasteiger partial charge in [0.2, 0.25) is 0 Å². The van der Waals surface area contributed by atoms with Crippen LogP contribution in [0.25, 0.3) is 10.9 Å². The number of aryl methyl sites for hydroxylation is 1. The molecule has 5 heteroatoms. The van der Waals surface area contributed by atoms with Crippen LogP contribution in [0.3, 0.4) is 0 Å². The molecule has 0 aliphatic carbocycles. The highest BCUT2D eigenvalue weighted by atomic mass is 35.5. The molecule has 3 rings (SSSR count). The van der Waals surface area contributed by atoms with Gasteiger partial charge in [-0.1, -0.05) is 43.1 Å². The van der Waals surface area contributed by atoms with Crippen molar-refractivity contribution < 1.29 is 9.90 Å². The number of halogens is 1. The summed E-state index contributed by atoms with van der Waals surface area (Å²) in [5, 5.41) is 11.2. The monoisotopic (exact) mass is 334 g/mol. The van der Waals surface area contributed by atoms with Crippen LogP contribution in [0.4, 0.5) is 0 Å². The summed E-state index contributed by atoms with van der Waals surface area (Å²) in [5.41, 5.74) is 1.35. The maximum absolute atomic E-state index is 13.0. The molecule has 2 aromatic rings. The molecular formula is C18H23ClN2O2. The first kappa shape index (κ1) is 16.3. The van der Waals surface area contributed by atoms with E-state index in [0.717, 1.165) is 30.2 Å². The predicted molar refractivity (Wildman–Crippen MR) is 92.9 cm³/mol. The van der Waals surface area contributed by atoms with Crippen LogP contribution in [0.2, 0.25) is 5.02 Å². The molecule has 1 aromatic carbocycles. The molecule has 0 radical (unpaired) electrons. The smallest absolute Gasteiger partial charge is 0.272 e. The Balaban J connectivity index is 1.93. The van der Waals surface area contributed by atoms with Crippen molar-refractivity contribution in [3.8, 4) is 0 Å². The van der Waals surface area contributed by atoms with E-state index in [9.17, 15) is 9.90 Å². The number of carbonyl (C=O) groups excluding carboxylic acids is 1. The minimum atomic E-state index is -0.151. The Hall–Kier alpha value is -1.52. The van der Waals surface area contributed by atoms with Gasteiger partial charge in [-0.15, -0.1) is 0 Å². The quantitative estimate of drug-likeness (QED) is 0.930. The Labute approximate surface area is 141 Å². The van der Waals surface area contributed by atoms with Crippen molar-refractivity contribution in [1.82, 2.24) is 9.47 Å². The molecule has 23 heavy (non-hydrogen) atoms. The van der Waals surface area contributed by atoms with Gasteiger partial charge in [-0.3, -0.25) is 4.79 Å². The van der Waals surface area contributed by atoms with E-state index in [-0.39, 0.29) is 17.9 Å². The van der Waals surface area contributed by atoms with Gasteiger partial charge in [0.1, 0.15) is 5.69 Å². The van der Waals surface area contributed by atoms with Crippen LogP contribution in [-0.2, 0) is 7.05 Å². The molecule has 4 nitrogen and oxygen atoms in total. The minimum absolute atomic E-state index is 0.0415. The lowest BCUT2D eigenvalue weighted by molar-refractivity contribution is 0.0721. The molecule has 0 saturated carbocycles.